The Morgan fingerprint density at radius 1 is 1.50 bits per heavy atom. The first-order chi connectivity index (χ1) is 8.50. The third-order valence-corrected chi connectivity index (χ3v) is 2.93. The van der Waals surface area contributed by atoms with Gasteiger partial charge in [-0.1, -0.05) is 6.07 Å². The van der Waals surface area contributed by atoms with Crippen molar-refractivity contribution < 1.29 is 14.3 Å². The Hall–Kier alpha value is -2.17. The summed E-state index contributed by atoms with van der Waals surface area (Å²) in [6.07, 6.45) is 3.25. The van der Waals surface area contributed by atoms with Crippen LogP contribution in [-0.4, -0.2) is 20.6 Å². The molecule has 1 unspecified atom stereocenters. The summed E-state index contributed by atoms with van der Waals surface area (Å²) >= 11 is 0. The minimum atomic E-state index is -0.971. The number of aryl methyl sites for hydroxylation is 1. The monoisotopic (exact) mass is 248 g/mol. The van der Waals surface area contributed by atoms with Crippen LogP contribution < -0.4 is 0 Å². The highest BCUT2D eigenvalue weighted by atomic mass is 19.1. The molecule has 0 aliphatic heterocycles. The molecule has 0 saturated heterocycles. The van der Waals surface area contributed by atoms with Gasteiger partial charge in [0.1, 0.15) is 11.6 Å². The maximum atomic E-state index is 14.0. The number of imidazole rings is 1. The van der Waals surface area contributed by atoms with Crippen LogP contribution in [0.25, 0.3) is 5.69 Å². The third kappa shape index (κ3) is 2.11. The fourth-order valence-corrected chi connectivity index (χ4v) is 1.76. The molecular formula is C13H13FN2O2. The molecule has 4 nitrogen and oxygen atoms in total. The van der Waals surface area contributed by atoms with E-state index in [2.05, 4.69) is 4.98 Å². The minimum Gasteiger partial charge on any atom is -0.481 e. The molecule has 0 aliphatic rings. The number of aromatic nitrogens is 2. The topological polar surface area (TPSA) is 55.1 Å². The van der Waals surface area contributed by atoms with Gasteiger partial charge in [0, 0.05) is 12.4 Å². The second-order valence-corrected chi connectivity index (χ2v) is 4.12. The second kappa shape index (κ2) is 4.60. The highest BCUT2D eigenvalue weighted by Crippen LogP contribution is 2.21. The Morgan fingerprint density at radius 3 is 2.72 bits per heavy atom. The van der Waals surface area contributed by atoms with E-state index in [0.29, 0.717) is 17.1 Å². The van der Waals surface area contributed by atoms with Crippen LogP contribution in [0.5, 0.6) is 0 Å². The molecule has 94 valence electrons. The van der Waals surface area contributed by atoms with Crippen LogP contribution in [0.3, 0.4) is 0 Å². The fourth-order valence-electron chi connectivity index (χ4n) is 1.76. The van der Waals surface area contributed by atoms with Gasteiger partial charge in [0.25, 0.3) is 0 Å². The number of benzene rings is 1. The van der Waals surface area contributed by atoms with Crippen LogP contribution in [0.4, 0.5) is 4.39 Å². The van der Waals surface area contributed by atoms with Gasteiger partial charge in [-0.2, -0.15) is 0 Å². The smallest absolute Gasteiger partial charge is 0.310 e. The van der Waals surface area contributed by atoms with Crippen LogP contribution in [-0.2, 0) is 4.79 Å². The number of hydrogen-bond acceptors (Lipinski definition) is 2. The molecule has 0 bridgehead atoms. The second-order valence-electron chi connectivity index (χ2n) is 4.12. The lowest BCUT2D eigenvalue weighted by molar-refractivity contribution is -0.138. The van der Waals surface area contributed by atoms with Crippen molar-refractivity contribution >= 4 is 5.97 Å². The van der Waals surface area contributed by atoms with E-state index in [1.54, 1.807) is 36.0 Å². The van der Waals surface area contributed by atoms with Crippen molar-refractivity contribution in [1.82, 2.24) is 9.55 Å². The highest BCUT2D eigenvalue weighted by Gasteiger charge is 2.16. The lowest BCUT2D eigenvalue weighted by atomic mass is 10.0. The van der Waals surface area contributed by atoms with Crippen molar-refractivity contribution in [3.05, 3.63) is 47.8 Å². The van der Waals surface area contributed by atoms with Crippen LogP contribution in [0.1, 0.15) is 24.2 Å². The van der Waals surface area contributed by atoms with E-state index in [9.17, 15) is 9.18 Å². The highest BCUT2D eigenvalue weighted by molar-refractivity contribution is 5.75. The number of carboxylic acid groups (broad SMARTS) is 1. The first-order valence-electron chi connectivity index (χ1n) is 5.53. The van der Waals surface area contributed by atoms with Gasteiger partial charge < -0.3 is 9.67 Å². The van der Waals surface area contributed by atoms with E-state index in [1.807, 2.05) is 0 Å². The molecule has 1 aromatic heterocycles. The average molecular weight is 248 g/mol. The summed E-state index contributed by atoms with van der Waals surface area (Å²) < 4.78 is 15.6. The van der Waals surface area contributed by atoms with Gasteiger partial charge in [-0.3, -0.25) is 4.79 Å². The summed E-state index contributed by atoms with van der Waals surface area (Å²) in [6.45, 7) is 3.30. The number of halogens is 1. The van der Waals surface area contributed by atoms with Crippen LogP contribution in [0.15, 0.2) is 30.6 Å². The molecule has 0 aliphatic carbocycles. The van der Waals surface area contributed by atoms with Crippen LogP contribution in [0, 0.1) is 12.7 Å². The van der Waals surface area contributed by atoms with Crippen molar-refractivity contribution in [2.24, 2.45) is 0 Å². The maximum Gasteiger partial charge on any atom is 0.310 e. The summed E-state index contributed by atoms with van der Waals surface area (Å²) in [5.41, 5.74) is 0.813. The summed E-state index contributed by atoms with van der Waals surface area (Å²) in [6, 6.07) is 4.45. The molecule has 0 radical (unpaired) electrons. The van der Waals surface area contributed by atoms with Crippen molar-refractivity contribution in [2.45, 2.75) is 19.8 Å². The zero-order chi connectivity index (χ0) is 13.3. The van der Waals surface area contributed by atoms with E-state index in [1.165, 1.54) is 13.0 Å². The van der Waals surface area contributed by atoms with Crippen molar-refractivity contribution in [3.63, 3.8) is 0 Å². The van der Waals surface area contributed by atoms with Gasteiger partial charge in [-0.25, -0.2) is 9.37 Å². The Bertz CT molecular complexity index is 592. The Kier molecular flexibility index (Phi) is 3.14. The first-order valence-corrected chi connectivity index (χ1v) is 5.53. The molecule has 0 amide bonds. The minimum absolute atomic E-state index is 0.367. The zero-order valence-corrected chi connectivity index (χ0v) is 10.1. The van der Waals surface area contributed by atoms with Gasteiger partial charge in [0.2, 0.25) is 0 Å². The van der Waals surface area contributed by atoms with Crippen LogP contribution in [0.2, 0.25) is 0 Å². The van der Waals surface area contributed by atoms with Gasteiger partial charge in [0.15, 0.2) is 0 Å². The molecular weight excluding hydrogens is 235 g/mol. The molecule has 0 saturated carbocycles. The number of hydrogen-bond donors (Lipinski definition) is 1. The Balaban J connectivity index is 2.43. The van der Waals surface area contributed by atoms with E-state index in [4.69, 9.17) is 5.11 Å². The normalized spacial score (nSPS) is 12.4. The van der Waals surface area contributed by atoms with Gasteiger partial charge >= 0.3 is 5.97 Å². The number of nitrogens with zero attached hydrogens (tertiary/aromatic N) is 2. The molecule has 2 aromatic rings. The predicted octanol–water partition coefficient (Wildman–Crippen LogP) is 2.51. The van der Waals surface area contributed by atoms with Crippen molar-refractivity contribution in [3.8, 4) is 5.69 Å². The van der Waals surface area contributed by atoms with Crippen molar-refractivity contribution in [1.29, 1.82) is 0 Å². The predicted molar refractivity (Wildman–Crippen MR) is 64.3 cm³/mol. The quantitative estimate of drug-likeness (QED) is 0.908. The fraction of sp³-hybridized carbons (Fsp3) is 0.231. The molecule has 1 heterocycles. The summed E-state index contributed by atoms with van der Waals surface area (Å²) in [5, 5.41) is 8.89. The molecule has 0 fully saturated rings. The molecule has 5 heteroatoms. The number of rotatable bonds is 3. The molecule has 18 heavy (non-hydrogen) atoms. The number of carboxylic acids is 1. The van der Waals surface area contributed by atoms with E-state index < -0.39 is 17.7 Å². The van der Waals surface area contributed by atoms with Crippen LogP contribution >= 0.6 is 0 Å². The molecule has 1 aromatic carbocycles. The molecule has 1 atom stereocenters. The molecule has 0 spiro atoms. The van der Waals surface area contributed by atoms with Gasteiger partial charge in [-0.05, 0) is 31.5 Å². The number of aliphatic carboxylic acids is 1. The standard InChI is InChI=1S/C13H13FN2O2/c1-8(13(17)18)10-3-4-12(11(14)7-10)16-6-5-15-9(16)2/h3-8H,1-2H3,(H,17,18). The molecule has 1 N–H and O–H groups in total. The molecule has 2 rings (SSSR count). The van der Waals surface area contributed by atoms with E-state index in [-0.39, 0.29) is 0 Å². The lowest BCUT2D eigenvalue weighted by Gasteiger charge is -2.10. The average Bonchev–Trinajstić information content (AvgIpc) is 2.74. The summed E-state index contributed by atoms with van der Waals surface area (Å²) in [5.74, 6) is -1.48. The van der Waals surface area contributed by atoms with Gasteiger partial charge in [-0.15, -0.1) is 0 Å². The lowest BCUT2D eigenvalue weighted by Crippen LogP contribution is -2.08. The number of carbonyl (C=O) groups is 1. The largest absolute Gasteiger partial charge is 0.481 e. The maximum absolute atomic E-state index is 14.0. The van der Waals surface area contributed by atoms with E-state index >= 15 is 0 Å². The first kappa shape index (κ1) is 12.3. The Morgan fingerprint density at radius 2 is 2.22 bits per heavy atom. The third-order valence-electron chi connectivity index (χ3n) is 2.93. The zero-order valence-electron chi connectivity index (χ0n) is 10.1. The van der Waals surface area contributed by atoms with Gasteiger partial charge in [0.05, 0.1) is 11.6 Å². The van der Waals surface area contributed by atoms with Crippen molar-refractivity contribution in [2.75, 3.05) is 0 Å². The van der Waals surface area contributed by atoms with E-state index in [0.717, 1.165) is 0 Å². The summed E-state index contributed by atoms with van der Waals surface area (Å²) in [7, 11) is 0. The summed E-state index contributed by atoms with van der Waals surface area (Å²) in [4.78, 5) is 14.9. The SMILES string of the molecule is Cc1nccn1-c1ccc(C(C)C(=O)O)cc1F. The Labute approximate surface area is 104 Å².